The monoisotopic (exact) mass is 433 g/mol. The van der Waals surface area contributed by atoms with E-state index < -0.39 is 5.41 Å². The quantitative estimate of drug-likeness (QED) is 0.466. The van der Waals surface area contributed by atoms with Crippen LogP contribution in [0.5, 0.6) is 0 Å². The van der Waals surface area contributed by atoms with Gasteiger partial charge in [-0.2, -0.15) is 0 Å². The fraction of sp³-hybridized carbons (Fsp3) is 0.407. The van der Waals surface area contributed by atoms with Gasteiger partial charge in [0, 0.05) is 40.7 Å². The lowest BCUT2D eigenvalue weighted by Crippen LogP contribution is -2.51. The third-order valence-corrected chi connectivity index (χ3v) is 5.38. The lowest BCUT2D eigenvalue weighted by atomic mass is 9.83. The molecule has 3 aromatic rings. The Hall–Kier alpha value is -2.92. The molecule has 0 fully saturated rings. The number of benzene rings is 2. The van der Waals surface area contributed by atoms with Crippen molar-refractivity contribution in [2.24, 2.45) is 5.41 Å². The van der Waals surface area contributed by atoms with Gasteiger partial charge in [0.1, 0.15) is 0 Å². The molecule has 3 rings (SSSR count). The Bertz CT molecular complexity index is 1130. The Kier molecular flexibility index (Phi) is 6.61. The van der Waals surface area contributed by atoms with E-state index in [9.17, 15) is 9.59 Å². The van der Waals surface area contributed by atoms with Crippen LogP contribution in [0, 0.1) is 5.41 Å². The first kappa shape index (κ1) is 23.7. The van der Waals surface area contributed by atoms with E-state index in [4.69, 9.17) is 0 Å². The van der Waals surface area contributed by atoms with Crippen LogP contribution in [0.3, 0.4) is 0 Å². The maximum atomic E-state index is 13.2. The molecule has 1 amide bonds. The summed E-state index contributed by atoms with van der Waals surface area (Å²) >= 11 is 0. The first-order valence-corrected chi connectivity index (χ1v) is 11.1. The molecule has 1 atom stereocenters. The highest BCUT2D eigenvalue weighted by Gasteiger charge is 2.32. The lowest BCUT2D eigenvalue weighted by Gasteiger charge is -2.31. The van der Waals surface area contributed by atoms with Crippen LogP contribution in [0.25, 0.3) is 22.0 Å². The average Bonchev–Trinajstić information content (AvgIpc) is 3.08. The summed E-state index contributed by atoms with van der Waals surface area (Å²) < 4.78 is 0. The number of aromatic nitrogens is 1. The van der Waals surface area contributed by atoms with Crippen molar-refractivity contribution < 1.29 is 9.59 Å². The van der Waals surface area contributed by atoms with Gasteiger partial charge in [-0.05, 0) is 50.5 Å². The van der Waals surface area contributed by atoms with E-state index in [0.29, 0.717) is 6.42 Å². The molecule has 1 unspecified atom stereocenters. The highest BCUT2D eigenvalue weighted by molar-refractivity contribution is 5.98. The molecule has 0 bridgehead atoms. The largest absolute Gasteiger partial charge is 0.360 e. The van der Waals surface area contributed by atoms with Crippen molar-refractivity contribution >= 4 is 28.3 Å². The van der Waals surface area contributed by atoms with Crippen molar-refractivity contribution in [2.45, 2.75) is 66.5 Å². The van der Waals surface area contributed by atoms with E-state index >= 15 is 0 Å². The van der Waals surface area contributed by atoms with E-state index in [1.807, 2.05) is 57.3 Å². The molecule has 5 nitrogen and oxygen atoms in total. The van der Waals surface area contributed by atoms with Crippen LogP contribution >= 0.6 is 0 Å². The van der Waals surface area contributed by atoms with Crippen molar-refractivity contribution in [3.63, 3.8) is 0 Å². The second-order valence-corrected chi connectivity index (χ2v) is 10.6. The Morgan fingerprint density at radius 1 is 1.00 bits per heavy atom. The number of carbonyl (C=O) groups excluding carboxylic acids is 2. The van der Waals surface area contributed by atoms with E-state index in [1.54, 1.807) is 0 Å². The highest BCUT2D eigenvalue weighted by atomic mass is 16.1. The van der Waals surface area contributed by atoms with Gasteiger partial charge in [-0.25, -0.2) is 0 Å². The maximum Gasteiger partial charge on any atom is 0.221 e. The number of rotatable bonds is 6. The summed E-state index contributed by atoms with van der Waals surface area (Å²) in [6.07, 6.45) is 2.63. The number of aromatic amines is 1. The van der Waals surface area contributed by atoms with Gasteiger partial charge in [0.05, 0.1) is 11.6 Å². The molecule has 170 valence electrons. The second-order valence-electron chi connectivity index (χ2n) is 10.6. The molecule has 0 spiro atoms. The molecular weight excluding hydrogens is 398 g/mol. The number of H-pyrrole nitrogens is 1. The number of nitrogens with one attached hydrogen (secondary N) is 3. The molecule has 3 N–H and O–H groups in total. The third-order valence-electron chi connectivity index (χ3n) is 5.38. The van der Waals surface area contributed by atoms with Gasteiger partial charge < -0.3 is 15.6 Å². The first-order valence-electron chi connectivity index (χ1n) is 11.1. The van der Waals surface area contributed by atoms with Gasteiger partial charge in [-0.15, -0.1) is 0 Å². The van der Waals surface area contributed by atoms with Gasteiger partial charge in [0.2, 0.25) is 5.91 Å². The van der Waals surface area contributed by atoms with Crippen LogP contribution < -0.4 is 10.6 Å². The number of ketones is 1. The molecule has 0 aliphatic rings. The number of Topliss-reactive ketones (excluding diaryl/α,β-unsaturated/α-hetero) is 1. The summed E-state index contributed by atoms with van der Waals surface area (Å²) in [7, 11) is 0. The number of amides is 1. The summed E-state index contributed by atoms with van der Waals surface area (Å²) in [6, 6.07) is 13.8. The smallest absolute Gasteiger partial charge is 0.221 e. The summed E-state index contributed by atoms with van der Waals surface area (Å²) in [4.78, 5) is 28.1. The normalized spacial score (nSPS) is 13.2. The zero-order chi connectivity index (χ0) is 23.7. The molecule has 0 saturated carbocycles. The Labute approximate surface area is 191 Å². The van der Waals surface area contributed by atoms with Gasteiger partial charge in [0.15, 0.2) is 5.78 Å². The van der Waals surface area contributed by atoms with Crippen molar-refractivity contribution in [1.29, 1.82) is 0 Å². The van der Waals surface area contributed by atoms with Gasteiger partial charge >= 0.3 is 0 Å². The van der Waals surface area contributed by atoms with Crippen LogP contribution in [0.1, 0.15) is 54.0 Å². The fourth-order valence-corrected chi connectivity index (χ4v) is 4.06. The summed E-state index contributed by atoms with van der Waals surface area (Å²) in [6.45, 7) is 13.7. The molecule has 0 aliphatic heterocycles. The summed E-state index contributed by atoms with van der Waals surface area (Å²) in [5.41, 5.74) is 4.38. The van der Waals surface area contributed by atoms with Crippen molar-refractivity contribution in [2.75, 3.05) is 5.32 Å². The average molecular weight is 434 g/mol. The Balaban J connectivity index is 2.00. The van der Waals surface area contributed by atoms with Crippen LogP contribution in [-0.2, 0) is 16.0 Å². The number of hydrogen-bond acceptors (Lipinski definition) is 3. The van der Waals surface area contributed by atoms with Crippen LogP contribution in [0.2, 0.25) is 0 Å². The molecule has 5 heteroatoms. The maximum absolute atomic E-state index is 13.2. The van der Waals surface area contributed by atoms with E-state index in [-0.39, 0.29) is 23.3 Å². The van der Waals surface area contributed by atoms with Crippen LogP contribution in [0.4, 0.5) is 5.69 Å². The van der Waals surface area contributed by atoms with Gasteiger partial charge in [-0.1, -0.05) is 51.1 Å². The molecule has 2 aromatic carbocycles. The minimum atomic E-state index is -0.426. The molecular formula is C27H35N3O2. The molecule has 0 radical (unpaired) electrons. The minimum absolute atomic E-state index is 0.0941. The summed E-state index contributed by atoms with van der Waals surface area (Å²) in [5.74, 6) is 0.115. The third kappa shape index (κ3) is 5.65. The Morgan fingerprint density at radius 3 is 2.31 bits per heavy atom. The van der Waals surface area contributed by atoms with Crippen molar-refractivity contribution in [1.82, 2.24) is 10.3 Å². The molecule has 32 heavy (non-hydrogen) atoms. The zero-order valence-corrected chi connectivity index (χ0v) is 20.2. The minimum Gasteiger partial charge on any atom is -0.360 e. The van der Waals surface area contributed by atoms with E-state index in [2.05, 4.69) is 48.5 Å². The predicted octanol–water partition coefficient (Wildman–Crippen LogP) is 5.71. The number of carbonyl (C=O) groups is 2. The van der Waals surface area contributed by atoms with Crippen LogP contribution in [-0.4, -0.2) is 28.3 Å². The van der Waals surface area contributed by atoms with Gasteiger partial charge in [-0.3, -0.25) is 9.59 Å². The Morgan fingerprint density at radius 2 is 1.69 bits per heavy atom. The number of anilines is 1. The first-order chi connectivity index (χ1) is 14.8. The van der Waals surface area contributed by atoms with Gasteiger partial charge in [0.25, 0.3) is 0 Å². The lowest BCUT2D eigenvalue weighted by molar-refractivity contribution is -0.128. The molecule has 1 aromatic heterocycles. The number of hydrogen-bond donors (Lipinski definition) is 3. The zero-order valence-electron chi connectivity index (χ0n) is 20.2. The second kappa shape index (κ2) is 8.91. The highest BCUT2D eigenvalue weighted by Crippen LogP contribution is 2.32. The van der Waals surface area contributed by atoms with E-state index in [0.717, 1.165) is 33.3 Å². The number of para-hydroxylation sites is 1. The molecule has 0 saturated heterocycles. The SMILES string of the molecule is CC(=O)Nc1cccc(-c2cccc3c(CC(NC(C)(C)C)C(=O)C(C)(C)C)c[nH]c23)c1. The number of fused-ring (bicyclic) bond motifs is 1. The topological polar surface area (TPSA) is 74.0 Å². The predicted molar refractivity (Wildman–Crippen MR) is 133 cm³/mol. The van der Waals surface area contributed by atoms with Crippen molar-refractivity contribution in [3.8, 4) is 11.1 Å². The molecule has 0 aliphatic carbocycles. The van der Waals surface area contributed by atoms with E-state index in [1.165, 1.54) is 6.92 Å². The summed E-state index contributed by atoms with van der Waals surface area (Å²) in [5, 5.41) is 7.49. The van der Waals surface area contributed by atoms with Crippen LogP contribution in [0.15, 0.2) is 48.7 Å². The fourth-order valence-electron chi connectivity index (χ4n) is 4.06. The molecule has 1 heterocycles. The van der Waals surface area contributed by atoms with Crippen molar-refractivity contribution in [3.05, 3.63) is 54.2 Å². The standard InChI is InChI=1S/C27H35N3O2/c1-17(31)29-20-11-8-10-18(14-20)21-12-9-13-22-19(16-28-24(21)22)15-23(30-27(5,6)7)25(32)26(2,3)4/h8-14,16,23,28,30H,15H2,1-7H3,(H,29,31).